The van der Waals surface area contributed by atoms with Crippen LogP contribution in [0.3, 0.4) is 0 Å². The fraction of sp³-hybridized carbons (Fsp3) is 0.222. The monoisotopic (exact) mass is 278 g/mol. The molecule has 0 aliphatic carbocycles. The third-order valence-corrected chi connectivity index (χ3v) is 2.24. The van der Waals surface area contributed by atoms with Gasteiger partial charge in [0.05, 0.1) is 9.95 Å². The molecule has 1 rings (SSSR count). The van der Waals surface area contributed by atoms with Gasteiger partial charge in [-0.3, -0.25) is 10.1 Å². The molecule has 0 atom stereocenters. The predicted octanol–water partition coefficient (Wildman–Crippen LogP) is 2.96. The SMILES string of the molecule is CN(C)C(=O)Oc1c(Cl)cc(Cl)cc1[N+](=O)[O-]. The van der Waals surface area contributed by atoms with Crippen molar-refractivity contribution in [3.63, 3.8) is 0 Å². The van der Waals surface area contributed by atoms with Crippen molar-refractivity contribution in [3.8, 4) is 5.75 Å². The molecule has 1 aromatic carbocycles. The lowest BCUT2D eigenvalue weighted by Crippen LogP contribution is -2.25. The van der Waals surface area contributed by atoms with Crippen molar-refractivity contribution in [2.75, 3.05) is 14.1 Å². The van der Waals surface area contributed by atoms with Crippen LogP contribution in [0.1, 0.15) is 0 Å². The Balaban J connectivity index is 3.22. The Morgan fingerprint density at radius 1 is 1.41 bits per heavy atom. The summed E-state index contributed by atoms with van der Waals surface area (Å²) in [7, 11) is 2.88. The van der Waals surface area contributed by atoms with E-state index in [0.29, 0.717) is 0 Å². The number of carbonyl (C=O) groups is 1. The quantitative estimate of drug-likeness (QED) is 0.616. The largest absolute Gasteiger partial charge is 0.415 e. The van der Waals surface area contributed by atoms with E-state index in [1.807, 2.05) is 0 Å². The third kappa shape index (κ3) is 3.21. The van der Waals surface area contributed by atoms with Crippen LogP contribution in [-0.2, 0) is 0 Å². The minimum absolute atomic E-state index is 0.0892. The average Bonchev–Trinajstić information content (AvgIpc) is 2.20. The number of amides is 1. The smallest absolute Gasteiger partial charge is 0.401 e. The molecule has 0 N–H and O–H groups in total. The third-order valence-electron chi connectivity index (χ3n) is 1.74. The number of nitrogens with zero attached hydrogens (tertiary/aromatic N) is 2. The fourth-order valence-electron chi connectivity index (χ4n) is 0.962. The van der Waals surface area contributed by atoms with E-state index < -0.39 is 16.7 Å². The van der Waals surface area contributed by atoms with Gasteiger partial charge in [0.1, 0.15) is 0 Å². The minimum atomic E-state index is -0.766. The first-order valence-electron chi connectivity index (χ1n) is 4.35. The van der Waals surface area contributed by atoms with E-state index >= 15 is 0 Å². The molecule has 1 amide bonds. The molecule has 0 aliphatic heterocycles. The van der Waals surface area contributed by atoms with Crippen LogP contribution in [0.2, 0.25) is 10.0 Å². The lowest BCUT2D eigenvalue weighted by atomic mass is 10.3. The van der Waals surface area contributed by atoms with Gasteiger partial charge in [-0.2, -0.15) is 0 Å². The number of nitro benzene ring substituents is 1. The molecule has 0 bridgehead atoms. The minimum Gasteiger partial charge on any atom is -0.401 e. The molecule has 0 unspecified atom stereocenters. The molecule has 92 valence electrons. The van der Waals surface area contributed by atoms with Crippen molar-refractivity contribution in [1.29, 1.82) is 0 Å². The zero-order valence-corrected chi connectivity index (χ0v) is 10.4. The molecule has 0 heterocycles. The molecule has 17 heavy (non-hydrogen) atoms. The lowest BCUT2D eigenvalue weighted by Gasteiger charge is -2.11. The molecular weight excluding hydrogens is 271 g/mol. The maximum absolute atomic E-state index is 11.3. The van der Waals surface area contributed by atoms with Crippen LogP contribution in [-0.4, -0.2) is 30.0 Å². The van der Waals surface area contributed by atoms with Gasteiger partial charge in [-0.15, -0.1) is 0 Å². The summed E-state index contributed by atoms with van der Waals surface area (Å²) < 4.78 is 4.81. The maximum atomic E-state index is 11.3. The highest BCUT2D eigenvalue weighted by Crippen LogP contribution is 2.37. The van der Waals surface area contributed by atoms with E-state index in [2.05, 4.69) is 0 Å². The van der Waals surface area contributed by atoms with E-state index in [1.54, 1.807) is 0 Å². The molecular formula is C9H8Cl2N2O4. The molecule has 0 spiro atoms. The van der Waals surface area contributed by atoms with Crippen LogP contribution in [0.15, 0.2) is 12.1 Å². The Kier molecular flexibility index (Phi) is 4.14. The topological polar surface area (TPSA) is 72.7 Å². The molecule has 0 fully saturated rings. The van der Waals surface area contributed by atoms with Crippen LogP contribution >= 0.6 is 23.2 Å². The van der Waals surface area contributed by atoms with E-state index in [9.17, 15) is 14.9 Å². The Bertz CT molecular complexity index is 476. The van der Waals surface area contributed by atoms with Crippen LogP contribution in [0.25, 0.3) is 0 Å². The van der Waals surface area contributed by atoms with Gasteiger partial charge in [0.2, 0.25) is 5.75 Å². The van der Waals surface area contributed by atoms with E-state index in [-0.39, 0.29) is 15.8 Å². The Hall–Kier alpha value is -1.53. The summed E-state index contributed by atoms with van der Waals surface area (Å²) >= 11 is 11.4. The molecule has 0 radical (unpaired) electrons. The van der Waals surface area contributed by atoms with Gasteiger partial charge in [-0.25, -0.2) is 4.79 Å². The molecule has 0 aliphatic rings. The molecule has 1 aromatic rings. The highest BCUT2D eigenvalue weighted by atomic mass is 35.5. The second-order valence-electron chi connectivity index (χ2n) is 3.26. The molecule has 8 heteroatoms. The number of halogens is 2. The zero-order valence-electron chi connectivity index (χ0n) is 8.94. The normalized spacial score (nSPS) is 9.88. The second kappa shape index (κ2) is 5.20. The van der Waals surface area contributed by atoms with Crippen molar-refractivity contribution >= 4 is 35.0 Å². The number of benzene rings is 1. The highest BCUT2D eigenvalue weighted by molar-refractivity contribution is 6.36. The Labute approximate surface area is 107 Å². The van der Waals surface area contributed by atoms with Crippen molar-refractivity contribution in [3.05, 3.63) is 32.3 Å². The molecule has 0 saturated heterocycles. The van der Waals surface area contributed by atoms with Crippen LogP contribution in [0.5, 0.6) is 5.75 Å². The van der Waals surface area contributed by atoms with Gasteiger partial charge in [0.15, 0.2) is 0 Å². The number of carbonyl (C=O) groups excluding carboxylic acids is 1. The number of rotatable bonds is 2. The first-order chi connectivity index (χ1) is 7.82. The highest BCUT2D eigenvalue weighted by Gasteiger charge is 2.23. The first kappa shape index (κ1) is 13.5. The van der Waals surface area contributed by atoms with Crippen molar-refractivity contribution in [2.45, 2.75) is 0 Å². The fourth-order valence-corrected chi connectivity index (χ4v) is 1.48. The van der Waals surface area contributed by atoms with Gasteiger partial charge < -0.3 is 9.64 Å². The average molecular weight is 279 g/mol. The standard InChI is InChI=1S/C9H8Cl2N2O4/c1-12(2)9(14)17-8-6(11)3-5(10)4-7(8)13(15)16/h3-4H,1-2H3. The number of hydrogen-bond acceptors (Lipinski definition) is 4. The summed E-state index contributed by atoms with van der Waals surface area (Å²) in [6.45, 7) is 0. The summed E-state index contributed by atoms with van der Waals surface area (Å²) in [5.41, 5.74) is -0.460. The van der Waals surface area contributed by atoms with E-state index in [4.69, 9.17) is 27.9 Å². The second-order valence-corrected chi connectivity index (χ2v) is 4.10. The van der Waals surface area contributed by atoms with Crippen molar-refractivity contribution < 1.29 is 14.5 Å². The molecule has 0 aromatic heterocycles. The van der Waals surface area contributed by atoms with Gasteiger partial charge >= 0.3 is 11.8 Å². The summed E-state index contributed by atoms with van der Waals surface area (Å²) in [5, 5.41) is 10.8. The maximum Gasteiger partial charge on any atom is 0.415 e. The first-order valence-corrected chi connectivity index (χ1v) is 5.11. The summed E-state index contributed by atoms with van der Waals surface area (Å²) in [4.78, 5) is 22.5. The molecule has 6 nitrogen and oxygen atoms in total. The number of ether oxygens (including phenoxy) is 1. The van der Waals surface area contributed by atoms with Gasteiger partial charge in [0.25, 0.3) is 0 Å². The number of nitro groups is 1. The van der Waals surface area contributed by atoms with Crippen molar-refractivity contribution in [1.82, 2.24) is 4.90 Å². The lowest BCUT2D eigenvalue weighted by molar-refractivity contribution is -0.385. The van der Waals surface area contributed by atoms with Gasteiger partial charge in [-0.1, -0.05) is 23.2 Å². The van der Waals surface area contributed by atoms with Gasteiger partial charge in [0, 0.05) is 25.2 Å². The summed E-state index contributed by atoms with van der Waals surface area (Å²) in [6.07, 6.45) is -0.766. The van der Waals surface area contributed by atoms with E-state index in [1.165, 1.54) is 20.2 Å². The van der Waals surface area contributed by atoms with E-state index in [0.717, 1.165) is 11.0 Å². The Morgan fingerprint density at radius 2 is 2.00 bits per heavy atom. The number of hydrogen-bond donors (Lipinski definition) is 0. The summed E-state index contributed by atoms with van der Waals surface area (Å²) in [6, 6.07) is 2.32. The summed E-state index contributed by atoms with van der Waals surface area (Å²) in [5.74, 6) is -0.320. The van der Waals surface area contributed by atoms with Crippen molar-refractivity contribution in [2.24, 2.45) is 0 Å². The molecule has 0 saturated carbocycles. The van der Waals surface area contributed by atoms with Crippen LogP contribution in [0, 0.1) is 10.1 Å². The van der Waals surface area contributed by atoms with Gasteiger partial charge in [-0.05, 0) is 6.07 Å². The van der Waals surface area contributed by atoms with Crippen LogP contribution in [0.4, 0.5) is 10.5 Å². The van der Waals surface area contributed by atoms with Crippen LogP contribution < -0.4 is 4.74 Å². The zero-order chi connectivity index (χ0) is 13.2. The Morgan fingerprint density at radius 3 is 2.47 bits per heavy atom. The predicted molar refractivity (Wildman–Crippen MR) is 62.8 cm³/mol.